The summed E-state index contributed by atoms with van der Waals surface area (Å²) in [7, 11) is 3.84. The van der Waals surface area contributed by atoms with Crippen molar-refractivity contribution in [1.82, 2.24) is 5.32 Å². The number of para-hydroxylation sites is 1. The van der Waals surface area contributed by atoms with Gasteiger partial charge in [0, 0.05) is 12.5 Å². The molecule has 2 aromatic rings. The molecule has 0 bridgehead atoms. The highest BCUT2D eigenvalue weighted by Gasteiger charge is 2.43. The van der Waals surface area contributed by atoms with Gasteiger partial charge in [0.25, 0.3) is 0 Å². The lowest BCUT2D eigenvalue weighted by Gasteiger charge is -2.43. The third-order valence-electron chi connectivity index (χ3n) is 4.94. The van der Waals surface area contributed by atoms with Crippen LogP contribution in [0, 0.1) is 5.92 Å². The van der Waals surface area contributed by atoms with Gasteiger partial charge in [0.2, 0.25) is 0 Å². The van der Waals surface area contributed by atoms with Gasteiger partial charge in [0.1, 0.15) is 11.3 Å². The Kier molecular flexibility index (Phi) is 4.05. The highest BCUT2D eigenvalue weighted by atomic mass is 16.5. The number of methoxy groups -OCH3 is 1. The Morgan fingerprint density at radius 1 is 1.38 bits per heavy atom. The first-order valence-corrected chi connectivity index (χ1v) is 7.89. The number of ether oxygens (including phenoxy) is 1. The lowest BCUT2D eigenvalue weighted by Crippen LogP contribution is -2.47. The predicted molar refractivity (Wildman–Crippen MR) is 85.4 cm³/mol. The van der Waals surface area contributed by atoms with E-state index in [2.05, 4.69) is 24.4 Å². The first-order chi connectivity index (χ1) is 10.2. The van der Waals surface area contributed by atoms with Crippen molar-refractivity contribution in [1.29, 1.82) is 0 Å². The molecular weight excluding hydrogens is 262 g/mol. The molecule has 1 fully saturated rings. The summed E-state index contributed by atoms with van der Waals surface area (Å²) in [5.74, 6) is 1.67. The number of hydrogen-bond acceptors (Lipinski definition) is 3. The second-order valence-electron chi connectivity index (χ2n) is 6.38. The quantitative estimate of drug-likeness (QED) is 0.911. The molecule has 0 spiro atoms. The Bertz CT molecular complexity index is 573. The first kappa shape index (κ1) is 14.6. The van der Waals surface area contributed by atoms with Gasteiger partial charge in [-0.25, -0.2) is 0 Å². The van der Waals surface area contributed by atoms with Crippen LogP contribution >= 0.6 is 0 Å². The van der Waals surface area contributed by atoms with Gasteiger partial charge >= 0.3 is 0 Å². The van der Waals surface area contributed by atoms with Crippen molar-refractivity contribution in [3.05, 3.63) is 36.1 Å². The number of benzene rings is 1. The average Bonchev–Trinajstić information content (AvgIpc) is 2.91. The second kappa shape index (κ2) is 5.82. The van der Waals surface area contributed by atoms with E-state index in [9.17, 15) is 0 Å². The number of hydrogen-bond donors (Lipinski definition) is 1. The van der Waals surface area contributed by atoms with Crippen molar-refractivity contribution < 1.29 is 9.15 Å². The number of nitrogens with one attached hydrogen (secondary N) is 1. The zero-order chi connectivity index (χ0) is 14.9. The van der Waals surface area contributed by atoms with Crippen LogP contribution < -0.4 is 5.32 Å². The highest BCUT2D eigenvalue weighted by Crippen LogP contribution is 2.44. The van der Waals surface area contributed by atoms with Crippen LogP contribution in [0.1, 0.15) is 44.4 Å². The van der Waals surface area contributed by atoms with Crippen LogP contribution in [0.15, 0.2) is 34.7 Å². The minimum absolute atomic E-state index is 0.0950. The molecule has 1 saturated carbocycles. The average molecular weight is 287 g/mol. The minimum Gasteiger partial charge on any atom is -0.459 e. The number of furan rings is 1. The second-order valence-corrected chi connectivity index (χ2v) is 6.38. The fourth-order valence-electron chi connectivity index (χ4n) is 3.92. The lowest BCUT2D eigenvalue weighted by atomic mass is 9.74. The molecule has 1 aromatic heterocycles. The summed E-state index contributed by atoms with van der Waals surface area (Å²) in [5.41, 5.74) is 0.781. The molecule has 3 atom stereocenters. The van der Waals surface area contributed by atoms with Gasteiger partial charge in [-0.15, -0.1) is 0 Å². The topological polar surface area (TPSA) is 34.4 Å². The molecule has 1 heterocycles. The zero-order valence-electron chi connectivity index (χ0n) is 13.2. The van der Waals surface area contributed by atoms with Crippen LogP contribution in [0.2, 0.25) is 0 Å². The van der Waals surface area contributed by atoms with Crippen molar-refractivity contribution in [3.63, 3.8) is 0 Å². The van der Waals surface area contributed by atoms with Crippen LogP contribution in [0.4, 0.5) is 0 Å². The molecule has 3 nitrogen and oxygen atoms in total. The Morgan fingerprint density at radius 3 is 2.86 bits per heavy atom. The van der Waals surface area contributed by atoms with E-state index in [0.717, 1.165) is 29.6 Å². The summed E-state index contributed by atoms with van der Waals surface area (Å²) in [4.78, 5) is 0. The van der Waals surface area contributed by atoms with Crippen molar-refractivity contribution in [2.45, 2.75) is 44.2 Å². The summed E-state index contributed by atoms with van der Waals surface area (Å²) in [6.45, 7) is 2.32. The van der Waals surface area contributed by atoms with E-state index in [4.69, 9.17) is 9.15 Å². The fraction of sp³-hybridized carbons (Fsp3) is 0.556. The largest absolute Gasteiger partial charge is 0.459 e. The van der Waals surface area contributed by atoms with Crippen LogP contribution in [-0.4, -0.2) is 19.8 Å². The smallest absolute Gasteiger partial charge is 0.134 e. The molecule has 1 aliphatic carbocycles. The molecule has 1 N–H and O–H groups in total. The summed E-state index contributed by atoms with van der Waals surface area (Å²) in [6.07, 6.45) is 4.66. The van der Waals surface area contributed by atoms with Crippen LogP contribution in [0.3, 0.4) is 0 Å². The van der Waals surface area contributed by atoms with Gasteiger partial charge in [-0.3, -0.25) is 0 Å². The Hall–Kier alpha value is -1.32. The van der Waals surface area contributed by atoms with Gasteiger partial charge in [-0.05, 0) is 37.9 Å². The van der Waals surface area contributed by atoms with E-state index >= 15 is 0 Å². The molecule has 21 heavy (non-hydrogen) atoms. The maximum Gasteiger partial charge on any atom is 0.134 e. The maximum atomic E-state index is 6.09. The summed E-state index contributed by atoms with van der Waals surface area (Å²) in [5, 5.41) is 4.60. The summed E-state index contributed by atoms with van der Waals surface area (Å²) in [6, 6.07) is 10.4. The molecule has 3 heteroatoms. The van der Waals surface area contributed by atoms with E-state index in [1.807, 2.05) is 32.4 Å². The molecule has 0 aliphatic heterocycles. The molecule has 3 rings (SSSR count). The molecule has 114 valence electrons. The molecule has 0 amide bonds. The van der Waals surface area contributed by atoms with Crippen molar-refractivity contribution in [3.8, 4) is 0 Å². The van der Waals surface area contributed by atoms with E-state index in [0.29, 0.717) is 5.92 Å². The van der Waals surface area contributed by atoms with Gasteiger partial charge in [0.05, 0.1) is 11.6 Å². The van der Waals surface area contributed by atoms with Gasteiger partial charge in [0.15, 0.2) is 0 Å². The molecule has 3 unspecified atom stereocenters. The van der Waals surface area contributed by atoms with E-state index < -0.39 is 0 Å². The lowest BCUT2D eigenvalue weighted by molar-refractivity contribution is -0.0829. The van der Waals surface area contributed by atoms with E-state index in [-0.39, 0.29) is 11.6 Å². The number of rotatable bonds is 4. The maximum absolute atomic E-state index is 6.09. The fourth-order valence-corrected chi connectivity index (χ4v) is 3.92. The third-order valence-corrected chi connectivity index (χ3v) is 4.94. The molecule has 1 aromatic carbocycles. The molecule has 1 aliphatic rings. The third kappa shape index (κ3) is 2.60. The van der Waals surface area contributed by atoms with Gasteiger partial charge in [-0.1, -0.05) is 38.0 Å². The van der Waals surface area contributed by atoms with Gasteiger partial charge in [-0.2, -0.15) is 0 Å². The molecular formula is C18H25NO2. The predicted octanol–water partition coefficient (Wildman–Crippen LogP) is 4.29. The zero-order valence-corrected chi connectivity index (χ0v) is 13.2. The van der Waals surface area contributed by atoms with Crippen LogP contribution in [-0.2, 0) is 4.74 Å². The summed E-state index contributed by atoms with van der Waals surface area (Å²) < 4.78 is 12.1. The summed E-state index contributed by atoms with van der Waals surface area (Å²) >= 11 is 0. The highest BCUT2D eigenvalue weighted by molar-refractivity contribution is 5.77. The van der Waals surface area contributed by atoms with Crippen molar-refractivity contribution in [2.75, 3.05) is 14.2 Å². The molecule has 0 radical (unpaired) electrons. The standard InChI is InChI=1S/C18H25NO2/c1-13-7-6-10-18(12-13,20-3)17(19-2)16-11-14-8-4-5-9-15(14)21-16/h4-5,8-9,11,13,17,19H,6-7,10,12H2,1-3H3. The Balaban J connectivity index is 1.99. The van der Waals surface area contributed by atoms with E-state index in [1.54, 1.807) is 0 Å². The minimum atomic E-state index is -0.166. The Morgan fingerprint density at radius 2 is 2.19 bits per heavy atom. The number of fused-ring (bicyclic) bond motifs is 1. The first-order valence-electron chi connectivity index (χ1n) is 7.89. The van der Waals surface area contributed by atoms with Crippen LogP contribution in [0.5, 0.6) is 0 Å². The van der Waals surface area contributed by atoms with Crippen LogP contribution in [0.25, 0.3) is 11.0 Å². The van der Waals surface area contributed by atoms with Crippen molar-refractivity contribution in [2.24, 2.45) is 5.92 Å². The van der Waals surface area contributed by atoms with Crippen molar-refractivity contribution >= 4 is 11.0 Å². The SMILES string of the molecule is CNC(c1cc2ccccc2o1)C1(OC)CCCC(C)C1. The Labute approximate surface area is 126 Å². The van der Waals surface area contributed by atoms with Gasteiger partial charge < -0.3 is 14.5 Å². The normalized spacial score (nSPS) is 27.9. The monoisotopic (exact) mass is 287 g/mol. The number of likely N-dealkylation sites (N-methyl/N-ethyl adjacent to an activating group) is 1. The van der Waals surface area contributed by atoms with E-state index in [1.165, 1.54) is 12.8 Å². The molecule has 0 saturated heterocycles.